The van der Waals surface area contributed by atoms with Crippen LogP contribution in [0, 0.1) is 0 Å². The first kappa shape index (κ1) is 17.5. The van der Waals surface area contributed by atoms with Crippen molar-refractivity contribution >= 4 is 12.0 Å². The number of hydrogen-bond acceptors (Lipinski definition) is 4. The molecule has 0 saturated carbocycles. The zero-order valence-corrected chi connectivity index (χ0v) is 14.7. The Labute approximate surface area is 152 Å². The Bertz CT molecular complexity index is 858. The standard InChI is InChI=1S/C20H21N5O/c1-2-24(15-18-10-12-21-13-11-18)20(26)19-16-25(23-22-19)14-6-9-17-7-4-3-5-8-17/h3-13,16H,2,14-15H2,1H3. The Balaban J connectivity index is 1.62. The van der Waals surface area contributed by atoms with Gasteiger partial charge in [0.25, 0.3) is 5.91 Å². The number of hydrogen-bond donors (Lipinski definition) is 0. The first-order valence-corrected chi connectivity index (χ1v) is 8.56. The molecule has 132 valence electrons. The molecule has 0 aliphatic rings. The third kappa shape index (κ3) is 4.63. The lowest BCUT2D eigenvalue weighted by atomic mass is 10.2. The van der Waals surface area contributed by atoms with Crippen LogP contribution >= 0.6 is 0 Å². The summed E-state index contributed by atoms with van der Waals surface area (Å²) in [6.45, 7) is 3.64. The average molecular weight is 347 g/mol. The molecule has 6 nitrogen and oxygen atoms in total. The second kappa shape index (κ2) is 8.71. The van der Waals surface area contributed by atoms with Crippen LogP contribution in [0.3, 0.4) is 0 Å². The summed E-state index contributed by atoms with van der Waals surface area (Å²) in [5, 5.41) is 8.08. The summed E-state index contributed by atoms with van der Waals surface area (Å²) in [4.78, 5) is 18.4. The van der Waals surface area contributed by atoms with E-state index >= 15 is 0 Å². The summed E-state index contributed by atoms with van der Waals surface area (Å²) >= 11 is 0. The van der Waals surface area contributed by atoms with E-state index in [4.69, 9.17) is 0 Å². The minimum Gasteiger partial charge on any atom is -0.333 e. The lowest BCUT2D eigenvalue weighted by molar-refractivity contribution is 0.0746. The molecule has 0 N–H and O–H groups in total. The van der Waals surface area contributed by atoms with Crippen LogP contribution in [0.5, 0.6) is 0 Å². The number of amides is 1. The molecule has 0 fully saturated rings. The Morgan fingerprint density at radius 3 is 2.65 bits per heavy atom. The molecule has 6 heteroatoms. The molecule has 3 aromatic rings. The van der Waals surface area contributed by atoms with Crippen LogP contribution in [0.15, 0.2) is 67.1 Å². The minimum absolute atomic E-state index is 0.123. The van der Waals surface area contributed by atoms with Gasteiger partial charge in [0, 0.05) is 25.5 Å². The minimum atomic E-state index is -0.123. The summed E-state index contributed by atoms with van der Waals surface area (Å²) in [5.41, 5.74) is 2.51. The van der Waals surface area contributed by atoms with Crippen LogP contribution in [0.1, 0.15) is 28.5 Å². The molecule has 1 amide bonds. The van der Waals surface area contributed by atoms with E-state index in [1.54, 1.807) is 28.2 Å². The number of benzene rings is 1. The molecule has 2 heterocycles. The fraction of sp³-hybridized carbons (Fsp3) is 0.200. The van der Waals surface area contributed by atoms with E-state index in [9.17, 15) is 4.79 Å². The SMILES string of the molecule is CCN(Cc1ccncc1)C(=O)c1cn(CC=Cc2ccccc2)nn1. The van der Waals surface area contributed by atoms with Crippen molar-refractivity contribution in [3.63, 3.8) is 0 Å². The van der Waals surface area contributed by atoms with Crippen LogP contribution < -0.4 is 0 Å². The average Bonchev–Trinajstić information content (AvgIpc) is 3.16. The maximum Gasteiger partial charge on any atom is 0.276 e. The van der Waals surface area contributed by atoms with Gasteiger partial charge < -0.3 is 4.90 Å². The van der Waals surface area contributed by atoms with Gasteiger partial charge >= 0.3 is 0 Å². The molecule has 0 spiro atoms. The van der Waals surface area contributed by atoms with Gasteiger partial charge in [0.1, 0.15) is 0 Å². The van der Waals surface area contributed by atoms with Gasteiger partial charge in [0.05, 0.1) is 12.7 Å². The van der Waals surface area contributed by atoms with E-state index in [-0.39, 0.29) is 5.91 Å². The molecule has 0 saturated heterocycles. The third-order valence-electron chi connectivity index (χ3n) is 3.95. The number of carbonyl (C=O) groups is 1. The Kier molecular flexibility index (Phi) is 5.88. The molecule has 0 unspecified atom stereocenters. The highest BCUT2D eigenvalue weighted by atomic mass is 16.2. The predicted octanol–water partition coefficient (Wildman–Crippen LogP) is 3.05. The van der Waals surface area contributed by atoms with Gasteiger partial charge in [-0.05, 0) is 30.2 Å². The van der Waals surface area contributed by atoms with E-state index in [2.05, 4.69) is 15.3 Å². The molecule has 0 bridgehead atoms. The summed E-state index contributed by atoms with van der Waals surface area (Å²) in [6, 6.07) is 13.8. The summed E-state index contributed by atoms with van der Waals surface area (Å²) in [5.74, 6) is -0.123. The van der Waals surface area contributed by atoms with Crippen LogP contribution in [0.2, 0.25) is 0 Å². The molecular weight excluding hydrogens is 326 g/mol. The first-order valence-electron chi connectivity index (χ1n) is 8.56. The van der Waals surface area contributed by atoms with E-state index in [1.165, 1.54) is 0 Å². The molecule has 0 radical (unpaired) electrons. The van der Waals surface area contributed by atoms with Gasteiger partial charge in [-0.15, -0.1) is 5.10 Å². The normalized spacial score (nSPS) is 11.0. The summed E-state index contributed by atoms with van der Waals surface area (Å²) < 4.78 is 1.66. The van der Waals surface area contributed by atoms with Gasteiger partial charge in [-0.25, -0.2) is 4.68 Å². The van der Waals surface area contributed by atoms with Gasteiger partial charge in [-0.1, -0.05) is 47.7 Å². The zero-order valence-electron chi connectivity index (χ0n) is 14.7. The lowest BCUT2D eigenvalue weighted by Gasteiger charge is -2.19. The molecule has 0 aliphatic heterocycles. The largest absolute Gasteiger partial charge is 0.333 e. The third-order valence-corrected chi connectivity index (χ3v) is 3.95. The summed E-state index contributed by atoms with van der Waals surface area (Å²) in [6.07, 6.45) is 9.15. The molecule has 26 heavy (non-hydrogen) atoms. The highest BCUT2D eigenvalue weighted by Crippen LogP contribution is 2.08. The number of carbonyl (C=O) groups excluding carboxylic acids is 1. The predicted molar refractivity (Wildman–Crippen MR) is 100 cm³/mol. The van der Waals surface area contributed by atoms with Crippen molar-refractivity contribution in [3.05, 3.63) is 84.0 Å². The van der Waals surface area contributed by atoms with Crippen molar-refractivity contribution in [3.8, 4) is 0 Å². The summed E-state index contributed by atoms with van der Waals surface area (Å²) in [7, 11) is 0. The number of allylic oxidation sites excluding steroid dienone is 1. The van der Waals surface area contributed by atoms with E-state index in [0.29, 0.717) is 25.3 Å². The van der Waals surface area contributed by atoms with E-state index < -0.39 is 0 Å². The van der Waals surface area contributed by atoms with Gasteiger partial charge in [0.2, 0.25) is 0 Å². The van der Waals surface area contributed by atoms with Crippen molar-refractivity contribution in [1.29, 1.82) is 0 Å². The van der Waals surface area contributed by atoms with Crippen molar-refractivity contribution < 1.29 is 4.79 Å². The number of rotatable bonds is 7. The lowest BCUT2D eigenvalue weighted by Crippen LogP contribution is -2.30. The highest BCUT2D eigenvalue weighted by Gasteiger charge is 2.17. The molecule has 2 aromatic heterocycles. The first-order chi connectivity index (χ1) is 12.8. The van der Waals surface area contributed by atoms with Gasteiger partial charge in [0.15, 0.2) is 5.69 Å². The van der Waals surface area contributed by atoms with Crippen molar-refractivity contribution in [2.24, 2.45) is 0 Å². The smallest absolute Gasteiger partial charge is 0.276 e. The van der Waals surface area contributed by atoms with Crippen LogP contribution in [-0.2, 0) is 13.1 Å². The van der Waals surface area contributed by atoms with Gasteiger partial charge in [-0.2, -0.15) is 0 Å². The molecular formula is C20H21N5O. The van der Waals surface area contributed by atoms with Crippen molar-refractivity contribution in [1.82, 2.24) is 24.9 Å². The quantitative estimate of drug-likeness (QED) is 0.659. The number of nitrogens with zero attached hydrogens (tertiary/aromatic N) is 5. The van der Waals surface area contributed by atoms with Gasteiger partial charge in [-0.3, -0.25) is 9.78 Å². The van der Waals surface area contributed by atoms with E-state index in [1.807, 2.05) is 61.5 Å². The highest BCUT2D eigenvalue weighted by molar-refractivity contribution is 5.91. The van der Waals surface area contributed by atoms with Crippen LogP contribution in [0.25, 0.3) is 6.08 Å². The molecule has 0 aliphatic carbocycles. The molecule has 3 rings (SSSR count). The maximum atomic E-state index is 12.7. The fourth-order valence-electron chi connectivity index (χ4n) is 2.54. The monoisotopic (exact) mass is 347 g/mol. The Morgan fingerprint density at radius 2 is 1.92 bits per heavy atom. The van der Waals surface area contributed by atoms with Crippen LogP contribution in [0.4, 0.5) is 0 Å². The molecule has 0 atom stereocenters. The topological polar surface area (TPSA) is 63.9 Å². The fourth-order valence-corrected chi connectivity index (χ4v) is 2.54. The van der Waals surface area contributed by atoms with Crippen molar-refractivity contribution in [2.75, 3.05) is 6.54 Å². The maximum absolute atomic E-state index is 12.7. The number of pyridine rings is 1. The number of aromatic nitrogens is 4. The zero-order chi connectivity index (χ0) is 18.2. The second-order valence-electron chi connectivity index (χ2n) is 5.81. The van der Waals surface area contributed by atoms with Crippen molar-refractivity contribution in [2.45, 2.75) is 20.0 Å². The Hall–Kier alpha value is -3.28. The van der Waals surface area contributed by atoms with Crippen LogP contribution in [-0.4, -0.2) is 37.3 Å². The second-order valence-corrected chi connectivity index (χ2v) is 5.81. The van der Waals surface area contributed by atoms with E-state index in [0.717, 1.165) is 11.1 Å². The Morgan fingerprint density at radius 1 is 1.15 bits per heavy atom. The molecule has 1 aromatic carbocycles.